The van der Waals surface area contributed by atoms with Crippen LogP contribution in [0.25, 0.3) is 5.95 Å². The Morgan fingerprint density at radius 1 is 1.35 bits per heavy atom. The summed E-state index contributed by atoms with van der Waals surface area (Å²) in [7, 11) is 0. The Balaban J connectivity index is 2.44. The summed E-state index contributed by atoms with van der Waals surface area (Å²) in [6.07, 6.45) is 4.88. The molecule has 0 aliphatic carbocycles. The molecule has 0 aliphatic heterocycles. The topological polar surface area (TPSA) is 60.7 Å². The van der Waals surface area contributed by atoms with Gasteiger partial charge >= 0.3 is 0 Å². The number of Topliss-reactive ketones (excluding diaryl/α,β-unsaturated/α-hetero) is 1. The van der Waals surface area contributed by atoms with Gasteiger partial charge in [-0.05, 0) is 25.5 Å². The summed E-state index contributed by atoms with van der Waals surface area (Å²) in [5, 5.41) is 4.21. The first-order valence-electron chi connectivity index (χ1n) is 5.13. The van der Waals surface area contributed by atoms with Gasteiger partial charge < -0.3 is 0 Å². The quantitative estimate of drug-likeness (QED) is 0.593. The average Bonchev–Trinajstić information content (AvgIpc) is 2.71. The number of allylic oxidation sites excluding steroid dienone is 1. The van der Waals surface area contributed by atoms with Gasteiger partial charge in [-0.3, -0.25) is 4.79 Å². The van der Waals surface area contributed by atoms with E-state index in [9.17, 15) is 4.79 Å². The lowest BCUT2D eigenvalue weighted by Gasteiger charge is -1.96. The van der Waals surface area contributed by atoms with Crippen molar-refractivity contribution >= 4 is 5.78 Å². The summed E-state index contributed by atoms with van der Waals surface area (Å²) in [6, 6.07) is 1.72. The average molecular weight is 228 g/mol. The van der Waals surface area contributed by atoms with Crippen molar-refractivity contribution in [2.24, 2.45) is 0 Å². The maximum Gasteiger partial charge on any atom is 0.250 e. The third-order valence-corrected chi connectivity index (χ3v) is 2.29. The van der Waals surface area contributed by atoms with Gasteiger partial charge in [0, 0.05) is 18.6 Å². The molecule has 2 aromatic heterocycles. The first-order valence-corrected chi connectivity index (χ1v) is 5.13. The molecule has 0 amide bonds. The largest absolute Gasteiger partial charge is 0.289 e. The Hall–Kier alpha value is -2.30. The Morgan fingerprint density at radius 3 is 2.59 bits per heavy atom. The number of aromatic nitrogens is 4. The van der Waals surface area contributed by atoms with Gasteiger partial charge in [-0.1, -0.05) is 6.58 Å². The van der Waals surface area contributed by atoms with Gasteiger partial charge in [0.1, 0.15) is 0 Å². The van der Waals surface area contributed by atoms with E-state index in [4.69, 9.17) is 0 Å². The molecule has 0 saturated heterocycles. The zero-order chi connectivity index (χ0) is 12.4. The summed E-state index contributed by atoms with van der Waals surface area (Å²) in [5.41, 5.74) is 1.66. The van der Waals surface area contributed by atoms with Crippen LogP contribution in [0.3, 0.4) is 0 Å². The zero-order valence-corrected chi connectivity index (χ0v) is 9.71. The van der Waals surface area contributed by atoms with Crippen molar-refractivity contribution < 1.29 is 4.79 Å². The van der Waals surface area contributed by atoms with Crippen LogP contribution >= 0.6 is 0 Å². The van der Waals surface area contributed by atoms with Crippen molar-refractivity contribution in [3.8, 4) is 5.95 Å². The first kappa shape index (κ1) is 11.2. The number of ketones is 1. The number of hydrogen-bond donors (Lipinski definition) is 0. The fourth-order valence-electron chi connectivity index (χ4n) is 1.42. The molecule has 0 radical (unpaired) electrons. The molecule has 86 valence electrons. The number of carbonyl (C=O) groups is 1. The molecule has 0 N–H and O–H groups in total. The Morgan fingerprint density at radius 2 is 2.00 bits per heavy atom. The summed E-state index contributed by atoms with van der Waals surface area (Å²) in [4.78, 5) is 19.9. The van der Waals surface area contributed by atoms with Crippen molar-refractivity contribution in [3.05, 3.63) is 48.1 Å². The molecule has 0 aliphatic rings. The molecule has 2 rings (SSSR count). The van der Waals surface area contributed by atoms with Gasteiger partial charge in [-0.2, -0.15) is 5.10 Å². The van der Waals surface area contributed by atoms with Crippen LogP contribution in [-0.4, -0.2) is 25.5 Å². The van der Waals surface area contributed by atoms with E-state index in [0.29, 0.717) is 22.8 Å². The van der Waals surface area contributed by atoms with Crippen molar-refractivity contribution in [3.63, 3.8) is 0 Å². The minimum absolute atomic E-state index is 0.107. The summed E-state index contributed by atoms with van der Waals surface area (Å²) >= 11 is 0. The SMILES string of the molecule is C=C(C)C(=O)c1cn(-c2ncccn2)nc1C. The Bertz CT molecular complexity index is 571. The van der Waals surface area contributed by atoms with E-state index >= 15 is 0 Å². The number of nitrogens with zero attached hydrogens (tertiary/aromatic N) is 4. The molecule has 0 bridgehead atoms. The predicted molar refractivity (Wildman–Crippen MR) is 63.0 cm³/mol. The Labute approximate surface area is 98.8 Å². The molecule has 5 heteroatoms. The lowest BCUT2D eigenvalue weighted by molar-refractivity contribution is 0.103. The highest BCUT2D eigenvalue weighted by molar-refractivity contribution is 6.08. The van der Waals surface area contributed by atoms with E-state index in [0.717, 1.165) is 0 Å². The number of hydrogen-bond acceptors (Lipinski definition) is 4. The molecule has 0 atom stereocenters. The van der Waals surface area contributed by atoms with E-state index < -0.39 is 0 Å². The van der Waals surface area contributed by atoms with Gasteiger partial charge in [0.2, 0.25) is 5.95 Å². The minimum atomic E-state index is -0.107. The normalized spacial score (nSPS) is 10.2. The molecule has 0 saturated carbocycles. The summed E-state index contributed by atoms with van der Waals surface area (Å²) in [5.74, 6) is 0.334. The minimum Gasteiger partial charge on any atom is -0.289 e. The standard InChI is InChI=1S/C12H12N4O/c1-8(2)11(17)10-7-16(15-9(10)3)12-13-5-4-6-14-12/h4-7H,1H2,2-3H3. The molecule has 5 nitrogen and oxygen atoms in total. The molecule has 0 aromatic carbocycles. The summed E-state index contributed by atoms with van der Waals surface area (Å²) in [6.45, 7) is 7.09. The van der Waals surface area contributed by atoms with Crippen LogP contribution in [0.4, 0.5) is 0 Å². The van der Waals surface area contributed by atoms with Crippen LogP contribution in [0.15, 0.2) is 36.8 Å². The molecule has 2 heterocycles. The number of carbonyl (C=O) groups excluding carboxylic acids is 1. The molecular formula is C12H12N4O. The highest BCUT2D eigenvalue weighted by Crippen LogP contribution is 2.12. The van der Waals surface area contributed by atoms with E-state index in [1.165, 1.54) is 4.68 Å². The Kier molecular flexibility index (Phi) is 2.82. The number of rotatable bonds is 3. The maximum atomic E-state index is 11.8. The van der Waals surface area contributed by atoms with Gasteiger partial charge in [-0.25, -0.2) is 14.6 Å². The second kappa shape index (κ2) is 4.29. The highest BCUT2D eigenvalue weighted by Gasteiger charge is 2.15. The molecular weight excluding hydrogens is 216 g/mol. The smallest absolute Gasteiger partial charge is 0.250 e. The van der Waals surface area contributed by atoms with Gasteiger partial charge in [-0.15, -0.1) is 0 Å². The molecule has 17 heavy (non-hydrogen) atoms. The molecule has 0 fully saturated rings. The van der Waals surface area contributed by atoms with E-state index in [1.54, 1.807) is 38.5 Å². The number of aryl methyl sites for hydroxylation is 1. The van der Waals surface area contributed by atoms with Gasteiger partial charge in [0.05, 0.1) is 11.3 Å². The molecule has 0 unspecified atom stereocenters. The van der Waals surface area contributed by atoms with Crippen LogP contribution in [0.2, 0.25) is 0 Å². The first-order chi connectivity index (χ1) is 8.09. The zero-order valence-electron chi connectivity index (χ0n) is 9.71. The lowest BCUT2D eigenvalue weighted by Crippen LogP contribution is -2.01. The second-order valence-electron chi connectivity index (χ2n) is 3.73. The third-order valence-electron chi connectivity index (χ3n) is 2.29. The lowest BCUT2D eigenvalue weighted by atomic mass is 10.1. The van der Waals surface area contributed by atoms with Crippen LogP contribution in [-0.2, 0) is 0 Å². The summed E-state index contributed by atoms with van der Waals surface area (Å²) < 4.78 is 1.49. The monoisotopic (exact) mass is 228 g/mol. The van der Waals surface area contributed by atoms with Crippen LogP contribution < -0.4 is 0 Å². The van der Waals surface area contributed by atoms with Crippen LogP contribution in [0, 0.1) is 6.92 Å². The fourth-order valence-corrected chi connectivity index (χ4v) is 1.42. The molecule has 0 spiro atoms. The van der Waals surface area contributed by atoms with E-state index in [1.807, 2.05) is 0 Å². The van der Waals surface area contributed by atoms with E-state index in [-0.39, 0.29) is 5.78 Å². The maximum absolute atomic E-state index is 11.8. The second-order valence-corrected chi connectivity index (χ2v) is 3.73. The van der Waals surface area contributed by atoms with Crippen molar-refractivity contribution in [1.29, 1.82) is 0 Å². The third kappa shape index (κ3) is 2.13. The molecule has 2 aromatic rings. The van der Waals surface area contributed by atoms with E-state index in [2.05, 4.69) is 21.6 Å². The van der Waals surface area contributed by atoms with Crippen molar-refractivity contribution in [2.45, 2.75) is 13.8 Å². The highest BCUT2D eigenvalue weighted by atomic mass is 16.1. The predicted octanol–water partition coefficient (Wildman–Crippen LogP) is 1.73. The fraction of sp³-hybridized carbons (Fsp3) is 0.167. The van der Waals surface area contributed by atoms with Gasteiger partial charge in [0.15, 0.2) is 5.78 Å². The van der Waals surface area contributed by atoms with Crippen molar-refractivity contribution in [2.75, 3.05) is 0 Å². The van der Waals surface area contributed by atoms with Gasteiger partial charge in [0.25, 0.3) is 0 Å². The van der Waals surface area contributed by atoms with Crippen molar-refractivity contribution in [1.82, 2.24) is 19.7 Å². The van der Waals surface area contributed by atoms with Crippen LogP contribution in [0.5, 0.6) is 0 Å². The van der Waals surface area contributed by atoms with Crippen LogP contribution in [0.1, 0.15) is 23.0 Å².